The first kappa shape index (κ1) is 24.8. The van der Waals surface area contributed by atoms with Crippen LogP contribution in [0.3, 0.4) is 0 Å². The summed E-state index contributed by atoms with van der Waals surface area (Å²) in [6, 6.07) is 2.30. The molecule has 9 nitrogen and oxygen atoms in total. The molecule has 3 rings (SSSR count). The Morgan fingerprint density at radius 2 is 2.00 bits per heavy atom. The number of nitrogens with one attached hydrogen (secondary N) is 3. The van der Waals surface area contributed by atoms with Gasteiger partial charge in [0.2, 0.25) is 5.91 Å². The number of aromatic nitrogens is 3. The van der Waals surface area contributed by atoms with Crippen LogP contribution in [0.15, 0.2) is 24.4 Å². The van der Waals surface area contributed by atoms with Crippen molar-refractivity contribution in [3.05, 3.63) is 40.1 Å². The molecule has 0 saturated carbocycles. The van der Waals surface area contributed by atoms with Gasteiger partial charge in [0, 0.05) is 24.5 Å². The van der Waals surface area contributed by atoms with E-state index in [4.69, 9.17) is 23.2 Å². The molecule has 1 saturated heterocycles. The van der Waals surface area contributed by atoms with E-state index in [2.05, 4.69) is 26.0 Å². The molecule has 1 aromatic heterocycles. The molecule has 1 aliphatic rings. The van der Waals surface area contributed by atoms with Crippen molar-refractivity contribution in [3.63, 3.8) is 0 Å². The SMILES string of the molecule is C[C@H]1[C@@H](C(=O)Nc2ccc(Cl)c(Cl)c2)CCN1C(=O)C(=O)NC(CC(F)(F)F)c1c[nH]nn1. The minimum Gasteiger partial charge on any atom is -0.339 e. The van der Waals surface area contributed by atoms with Crippen LogP contribution in [0.25, 0.3) is 0 Å². The van der Waals surface area contributed by atoms with E-state index in [1.54, 1.807) is 13.0 Å². The number of likely N-dealkylation sites (tertiary alicyclic amines) is 1. The summed E-state index contributed by atoms with van der Waals surface area (Å²) in [4.78, 5) is 38.9. The molecule has 0 spiro atoms. The van der Waals surface area contributed by atoms with Gasteiger partial charge in [0.25, 0.3) is 0 Å². The van der Waals surface area contributed by atoms with Gasteiger partial charge in [-0.2, -0.15) is 13.2 Å². The summed E-state index contributed by atoms with van der Waals surface area (Å²) >= 11 is 11.8. The number of H-pyrrole nitrogens is 1. The second-order valence-electron chi connectivity index (χ2n) is 7.50. The predicted octanol–water partition coefficient (Wildman–Crippen LogP) is 3.10. The number of carbonyl (C=O) groups excluding carboxylic acids is 3. The fourth-order valence-corrected chi connectivity index (χ4v) is 3.88. The molecule has 1 fully saturated rings. The lowest BCUT2D eigenvalue weighted by molar-refractivity contribution is -0.151. The molecule has 3 N–H and O–H groups in total. The zero-order chi connectivity index (χ0) is 24.3. The average Bonchev–Trinajstić information content (AvgIpc) is 3.38. The Hall–Kier alpha value is -2.86. The molecule has 2 heterocycles. The zero-order valence-corrected chi connectivity index (χ0v) is 18.6. The van der Waals surface area contributed by atoms with Crippen LogP contribution in [0, 0.1) is 5.92 Å². The number of hydrogen-bond acceptors (Lipinski definition) is 5. The second-order valence-corrected chi connectivity index (χ2v) is 8.31. The second kappa shape index (κ2) is 9.96. The highest BCUT2D eigenvalue weighted by molar-refractivity contribution is 6.42. The molecule has 1 aliphatic heterocycles. The van der Waals surface area contributed by atoms with E-state index in [1.165, 1.54) is 12.1 Å². The molecule has 3 amide bonds. The van der Waals surface area contributed by atoms with Gasteiger partial charge in [-0.05, 0) is 31.5 Å². The highest BCUT2D eigenvalue weighted by atomic mass is 35.5. The van der Waals surface area contributed by atoms with Gasteiger partial charge in [-0.25, -0.2) is 0 Å². The van der Waals surface area contributed by atoms with E-state index in [9.17, 15) is 27.6 Å². The Morgan fingerprint density at radius 1 is 1.27 bits per heavy atom. The molecule has 2 aromatic rings. The largest absolute Gasteiger partial charge is 0.391 e. The van der Waals surface area contributed by atoms with Crippen LogP contribution >= 0.6 is 23.2 Å². The number of anilines is 1. The molecular formula is C19H19Cl2F3N6O3. The minimum atomic E-state index is -4.62. The number of amides is 3. The lowest BCUT2D eigenvalue weighted by atomic mass is 10.0. The molecule has 0 aliphatic carbocycles. The highest BCUT2D eigenvalue weighted by Gasteiger charge is 2.41. The summed E-state index contributed by atoms with van der Waals surface area (Å²) in [5.74, 6) is -3.31. The van der Waals surface area contributed by atoms with Crippen LogP contribution in [0.5, 0.6) is 0 Å². The third-order valence-corrected chi connectivity index (χ3v) is 6.01. The minimum absolute atomic E-state index is 0.0841. The van der Waals surface area contributed by atoms with Crippen LogP contribution in [-0.4, -0.2) is 56.8 Å². The first-order valence-corrected chi connectivity index (χ1v) is 10.5. The van der Waals surface area contributed by atoms with Gasteiger partial charge in [0.1, 0.15) is 5.69 Å². The van der Waals surface area contributed by atoms with Gasteiger partial charge in [-0.3, -0.25) is 19.5 Å². The molecule has 14 heteroatoms. The molecule has 1 aromatic carbocycles. The number of carbonyl (C=O) groups is 3. The maximum Gasteiger partial charge on any atom is 0.391 e. The Bertz CT molecular complexity index is 1030. The average molecular weight is 507 g/mol. The van der Waals surface area contributed by atoms with Crippen molar-refractivity contribution < 1.29 is 27.6 Å². The third kappa shape index (κ3) is 6.14. The fraction of sp³-hybridized carbons (Fsp3) is 0.421. The van der Waals surface area contributed by atoms with Gasteiger partial charge in [0.05, 0.1) is 28.4 Å². The van der Waals surface area contributed by atoms with Crippen LogP contribution in [0.1, 0.15) is 31.5 Å². The lowest BCUT2D eigenvalue weighted by Crippen LogP contribution is -2.47. The number of halogens is 5. The van der Waals surface area contributed by atoms with Gasteiger partial charge in [-0.15, -0.1) is 5.10 Å². The van der Waals surface area contributed by atoms with Crippen molar-refractivity contribution in [2.45, 2.75) is 38.0 Å². The van der Waals surface area contributed by atoms with Crippen LogP contribution in [-0.2, 0) is 14.4 Å². The first-order chi connectivity index (χ1) is 15.5. The summed E-state index contributed by atoms with van der Waals surface area (Å²) in [6.07, 6.45) is -4.68. The van der Waals surface area contributed by atoms with E-state index in [1.807, 2.05) is 0 Å². The summed E-state index contributed by atoms with van der Waals surface area (Å²) < 4.78 is 38.7. The number of rotatable bonds is 5. The summed E-state index contributed by atoms with van der Waals surface area (Å²) in [5, 5.41) is 14.4. The maximum atomic E-state index is 12.9. The van der Waals surface area contributed by atoms with Crippen molar-refractivity contribution >= 4 is 46.6 Å². The number of benzene rings is 1. The lowest BCUT2D eigenvalue weighted by Gasteiger charge is -2.25. The van der Waals surface area contributed by atoms with Crippen molar-refractivity contribution in [1.29, 1.82) is 0 Å². The summed E-state index contributed by atoms with van der Waals surface area (Å²) in [6.45, 7) is 1.67. The molecule has 3 atom stereocenters. The highest BCUT2D eigenvalue weighted by Crippen LogP contribution is 2.30. The predicted molar refractivity (Wildman–Crippen MR) is 112 cm³/mol. The number of hydrogen-bond donors (Lipinski definition) is 3. The van der Waals surface area contributed by atoms with Gasteiger partial charge >= 0.3 is 18.0 Å². The Morgan fingerprint density at radius 3 is 2.61 bits per heavy atom. The Kier molecular flexibility index (Phi) is 7.48. The molecule has 33 heavy (non-hydrogen) atoms. The summed E-state index contributed by atoms with van der Waals surface area (Å²) in [7, 11) is 0. The van der Waals surface area contributed by atoms with Crippen LogP contribution < -0.4 is 10.6 Å². The van der Waals surface area contributed by atoms with Gasteiger partial charge in [0.15, 0.2) is 0 Å². The Balaban J connectivity index is 1.64. The van der Waals surface area contributed by atoms with Crippen molar-refractivity contribution in [1.82, 2.24) is 25.6 Å². The quantitative estimate of drug-likeness (QED) is 0.538. The van der Waals surface area contributed by atoms with Gasteiger partial charge in [-0.1, -0.05) is 28.4 Å². The zero-order valence-electron chi connectivity index (χ0n) is 17.1. The molecular weight excluding hydrogens is 488 g/mol. The number of aromatic amines is 1. The van der Waals surface area contributed by atoms with E-state index >= 15 is 0 Å². The van der Waals surface area contributed by atoms with E-state index < -0.39 is 48.3 Å². The van der Waals surface area contributed by atoms with E-state index in [-0.39, 0.29) is 23.7 Å². The molecule has 0 radical (unpaired) electrons. The summed E-state index contributed by atoms with van der Waals surface area (Å²) in [5.41, 5.74) is 0.244. The molecule has 1 unspecified atom stereocenters. The van der Waals surface area contributed by atoms with E-state index in [0.717, 1.165) is 11.1 Å². The third-order valence-electron chi connectivity index (χ3n) is 5.27. The molecule has 0 bridgehead atoms. The maximum absolute atomic E-state index is 12.9. The standard InChI is InChI=1S/C19H19Cl2F3N6O3/c1-9-11(16(31)26-10-2-3-12(20)13(21)6-10)4-5-30(9)18(33)17(32)27-14(7-19(22,23)24)15-8-25-29-28-15/h2-3,6,8-9,11,14H,4-5,7H2,1H3,(H,26,31)(H,27,32)(H,25,28,29)/t9-,11-,14?/m0/s1. The normalized spacial score (nSPS) is 19.3. The smallest absolute Gasteiger partial charge is 0.339 e. The Labute approximate surface area is 196 Å². The number of nitrogens with zero attached hydrogens (tertiary/aromatic N) is 3. The van der Waals surface area contributed by atoms with Crippen molar-refractivity contribution in [2.24, 2.45) is 5.92 Å². The van der Waals surface area contributed by atoms with Gasteiger partial charge < -0.3 is 15.5 Å². The first-order valence-electron chi connectivity index (χ1n) is 9.76. The van der Waals surface area contributed by atoms with Crippen molar-refractivity contribution in [3.8, 4) is 0 Å². The van der Waals surface area contributed by atoms with Crippen LogP contribution in [0.2, 0.25) is 10.0 Å². The fourth-order valence-electron chi connectivity index (χ4n) is 3.58. The van der Waals surface area contributed by atoms with E-state index in [0.29, 0.717) is 10.7 Å². The molecule has 178 valence electrons. The monoisotopic (exact) mass is 506 g/mol. The van der Waals surface area contributed by atoms with Crippen LogP contribution in [0.4, 0.5) is 18.9 Å². The number of alkyl halides is 3. The topological polar surface area (TPSA) is 120 Å². The van der Waals surface area contributed by atoms with Crippen molar-refractivity contribution in [2.75, 3.05) is 11.9 Å².